The molecule has 0 amide bonds. The summed E-state index contributed by atoms with van der Waals surface area (Å²) in [6.07, 6.45) is 6.03. The van der Waals surface area contributed by atoms with Gasteiger partial charge < -0.3 is 10.0 Å². The summed E-state index contributed by atoms with van der Waals surface area (Å²) in [5, 5.41) is 12.0. The molecule has 29 heavy (non-hydrogen) atoms. The lowest BCUT2D eigenvalue weighted by atomic mass is 9.73. The van der Waals surface area contributed by atoms with Gasteiger partial charge in [0.2, 0.25) is 0 Å². The normalized spacial score (nSPS) is 20.7. The predicted molar refractivity (Wildman–Crippen MR) is 126 cm³/mol. The van der Waals surface area contributed by atoms with E-state index in [9.17, 15) is 5.11 Å². The third-order valence-corrected chi connectivity index (χ3v) is 7.30. The standard InChI is InChI=1S/C25H36N2OS/c1-5-7-16-25(17-8-6-2)24(28)23(19-12-10-9-11-13-19)21-18-20(27(3)4)14-15-22(21)29-26-25/h9-15,18,23-24,26,28H,5-8,16-17H2,1-4H3/t23-,24-/m1/s1. The van der Waals surface area contributed by atoms with Crippen molar-refractivity contribution in [3.05, 3.63) is 59.7 Å². The maximum atomic E-state index is 12.0. The molecule has 1 aliphatic heterocycles. The summed E-state index contributed by atoms with van der Waals surface area (Å²) in [5.41, 5.74) is 3.31. The van der Waals surface area contributed by atoms with Crippen molar-refractivity contribution in [1.82, 2.24) is 4.72 Å². The van der Waals surface area contributed by atoms with Crippen LogP contribution in [-0.4, -0.2) is 30.8 Å². The van der Waals surface area contributed by atoms with E-state index in [0.717, 1.165) is 38.5 Å². The topological polar surface area (TPSA) is 35.5 Å². The fraction of sp³-hybridized carbons (Fsp3) is 0.520. The maximum absolute atomic E-state index is 12.0. The molecule has 3 rings (SSSR count). The smallest absolute Gasteiger partial charge is 0.0839 e. The number of aliphatic hydroxyl groups excluding tert-OH is 1. The number of rotatable bonds is 8. The zero-order valence-corrected chi connectivity index (χ0v) is 19.1. The highest BCUT2D eigenvalue weighted by Crippen LogP contribution is 2.46. The molecule has 4 heteroatoms. The molecular weight excluding hydrogens is 376 g/mol. The molecule has 0 saturated heterocycles. The highest BCUT2D eigenvalue weighted by molar-refractivity contribution is 7.97. The van der Waals surface area contributed by atoms with Crippen molar-refractivity contribution in [2.75, 3.05) is 19.0 Å². The van der Waals surface area contributed by atoms with Gasteiger partial charge in [0, 0.05) is 30.6 Å². The summed E-state index contributed by atoms with van der Waals surface area (Å²) < 4.78 is 3.77. The minimum atomic E-state index is -0.478. The van der Waals surface area contributed by atoms with E-state index in [1.54, 1.807) is 11.9 Å². The molecule has 0 radical (unpaired) electrons. The second-order valence-corrected chi connectivity index (χ2v) is 9.37. The average Bonchev–Trinajstić information content (AvgIpc) is 2.86. The lowest BCUT2D eigenvalue weighted by molar-refractivity contribution is 0.0483. The first-order valence-electron chi connectivity index (χ1n) is 11.0. The highest BCUT2D eigenvalue weighted by Gasteiger charge is 2.45. The van der Waals surface area contributed by atoms with Crippen molar-refractivity contribution in [3.63, 3.8) is 0 Å². The van der Waals surface area contributed by atoms with Gasteiger partial charge in [0.25, 0.3) is 0 Å². The molecule has 3 nitrogen and oxygen atoms in total. The van der Waals surface area contributed by atoms with Crippen molar-refractivity contribution in [1.29, 1.82) is 0 Å². The summed E-state index contributed by atoms with van der Waals surface area (Å²) in [4.78, 5) is 3.36. The first-order chi connectivity index (χ1) is 14.0. The number of nitrogens with zero attached hydrogens (tertiary/aromatic N) is 1. The van der Waals surface area contributed by atoms with Gasteiger partial charge in [-0.3, -0.25) is 4.72 Å². The zero-order valence-electron chi connectivity index (χ0n) is 18.3. The molecule has 0 aliphatic carbocycles. The lowest BCUT2D eigenvalue weighted by Crippen LogP contribution is -2.53. The van der Waals surface area contributed by atoms with Crippen LogP contribution < -0.4 is 9.62 Å². The van der Waals surface area contributed by atoms with Crippen molar-refractivity contribution in [2.45, 2.75) is 74.8 Å². The van der Waals surface area contributed by atoms with Gasteiger partial charge in [-0.25, -0.2) is 0 Å². The molecule has 0 fully saturated rings. The molecule has 158 valence electrons. The Bertz CT molecular complexity index is 770. The van der Waals surface area contributed by atoms with E-state index in [1.165, 1.54) is 21.7 Å². The van der Waals surface area contributed by atoms with E-state index in [-0.39, 0.29) is 11.5 Å². The van der Waals surface area contributed by atoms with Crippen molar-refractivity contribution < 1.29 is 5.11 Å². The SMILES string of the molecule is CCCCC1(CCCC)NSc2ccc(N(C)C)cc2[C@@H](c2ccccc2)[C@H]1O. The van der Waals surface area contributed by atoms with Gasteiger partial charge in [-0.15, -0.1) is 0 Å². The minimum absolute atomic E-state index is 0.0395. The summed E-state index contributed by atoms with van der Waals surface area (Å²) in [6, 6.07) is 17.2. The molecule has 0 saturated carbocycles. The number of unbranched alkanes of at least 4 members (excludes halogenated alkanes) is 2. The van der Waals surface area contributed by atoms with Crippen LogP contribution in [0.1, 0.15) is 69.4 Å². The van der Waals surface area contributed by atoms with Gasteiger partial charge in [-0.1, -0.05) is 69.9 Å². The Kier molecular flexibility index (Phi) is 7.66. The zero-order chi connectivity index (χ0) is 20.9. The fourth-order valence-corrected chi connectivity index (χ4v) is 5.46. The predicted octanol–water partition coefficient (Wildman–Crippen LogP) is 5.97. The Morgan fingerprint density at radius 3 is 2.24 bits per heavy atom. The molecule has 1 heterocycles. The van der Waals surface area contributed by atoms with Gasteiger partial charge in [-0.2, -0.15) is 0 Å². The first kappa shape index (κ1) is 22.2. The van der Waals surface area contributed by atoms with Crippen molar-refractivity contribution >= 4 is 17.6 Å². The largest absolute Gasteiger partial charge is 0.390 e. The molecule has 2 aromatic rings. The number of hydrogen-bond acceptors (Lipinski definition) is 4. The maximum Gasteiger partial charge on any atom is 0.0839 e. The second kappa shape index (κ2) is 10.0. The van der Waals surface area contributed by atoms with Crippen LogP contribution in [-0.2, 0) is 0 Å². The third-order valence-electron chi connectivity index (χ3n) is 6.20. The summed E-state index contributed by atoms with van der Waals surface area (Å²) in [6.45, 7) is 4.47. The molecule has 0 bridgehead atoms. The van der Waals surface area contributed by atoms with Crippen molar-refractivity contribution in [2.24, 2.45) is 0 Å². The van der Waals surface area contributed by atoms with E-state index in [2.05, 4.69) is 86.1 Å². The van der Waals surface area contributed by atoms with Crippen LogP contribution in [0.4, 0.5) is 5.69 Å². The van der Waals surface area contributed by atoms with Crippen LogP contribution >= 0.6 is 11.9 Å². The summed E-state index contributed by atoms with van der Waals surface area (Å²) >= 11 is 1.71. The van der Waals surface area contributed by atoms with E-state index in [1.807, 2.05) is 0 Å². The van der Waals surface area contributed by atoms with Crippen molar-refractivity contribution in [3.8, 4) is 0 Å². The Labute approximate surface area is 181 Å². The Morgan fingerprint density at radius 2 is 1.66 bits per heavy atom. The number of benzene rings is 2. The molecule has 1 aliphatic rings. The van der Waals surface area contributed by atoms with Gasteiger partial charge in [-0.05, 0) is 54.1 Å². The number of fused-ring (bicyclic) bond motifs is 1. The molecule has 0 aromatic heterocycles. The van der Waals surface area contributed by atoms with Gasteiger partial charge in [0.15, 0.2) is 0 Å². The average molecular weight is 413 g/mol. The van der Waals surface area contributed by atoms with E-state index in [0.29, 0.717) is 0 Å². The minimum Gasteiger partial charge on any atom is -0.390 e. The Hall–Kier alpha value is -1.49. The number of hydrogen-bond donors (Lipinski definition) is 2. The van der Waals surface area contributed by atoms with E-state index in [4.69, 9.17) is 0 Å². The van der Waals surface area contributed by atoms with Crippen LogP contribution in [0.3, 0.4) is 0 Å². The summed E-state index contributed by atoms with van der Waals surface area (Å²) in [5.74, 6) is -0.0395. The Morgan fingerprint density at radius 1 is 1.00 bits per heavy atom. The lowest BCUT2D eigenvalue weighted by Gasteiger charge is -2.41. The first-order valence-corrected chi connectivity index (χ1v) is 11.8. The van der Waals surface area contributed by atoms with E-state index < -0.39 is 6.10 Å². The summed E-state index contributed by atoms with van der Waals surface area (Å²) in [7, 11) is 4.15. The molecule has 2 aromatic carbocycles. The molecule has 0 spiro atoms. The quantitative estimate of drug-likeness (QED) is 0.523. The number of anilines is 1. The van der Waals surface area contributed by atoms with Gasteiger partial charge >= 0.3 is 0 Å². The molecular formula is C25H36N2OS. The molecule has 2 atom stereocenters. The number of nitrogens with one attached hydrogen (secondary N) is 1. The number of aliphatic hydroxyl groups is 1. The molecule has 2 N–H and O–H groups in total. The monoisotopic (exact) mass is 412 g/mol. The van der Waals surface area contributed by atoms with Crippen LogP contribution in [0.2, 0.25) is 0 Å². The van der Waals surface area contributed by atoms with Crippen LogP contribution in [0.5, 0.6) is 0 Å². The van der Waals surface area contributed by atoms with Crippen LogP contribution in [0, 0.1) is 0 Å². The Balaban J connectivity index is 2.13. The fourth-order valence-electron chi connectivity index (χ4n) is 4.39. The highest BCUT2D eigenvalue weighted by atomic mass is 32.2. The third kappa shape index (κ3) is 4.82. The second-order valence-electron chi connectivity index (χ2n) is 8.52. The van der Waals surface area contributed by atoms with Crippen LogP contribution in [0.25, 0.3) is 0 Å². The van der Waals surface area contributed by atoms with E-state index >= 15 is 0 Å². The van der Waals surface area contributed by atoms with Gasteiger partial charge in [0.05, 0.1) is 11.6 Å². The van der Waals surface area contributed by atoms with Crippen LogP contribution in [0.15, 0.2) is 53.4 Å². The van der Waals surface area contributed by atoms with Gasteiger partial charge in [0.1, 0.15) is 0 Å². The molecule has 0 unspecified atom stereocenters.